The number of fused-ring (bicyclic) bond motifs is 1. The van der Waals surface area contributed by atoms with Gasteiger partial charge in [0.2, 0.25) is 0 Å². The van der Waals surface area contributed by atoms with Crippen LogP contribution in [0.25, 0.3) is 21.9 Å². The summed E-state index contributed by atoms with van der Waals surface area (Å²) >= 11 is 0. The maximum absolute atomic E-state index is 11.8. The van der Waals surface area contributed by atoms with Crippen LogP contribution in [0.5, 0.6) is 0 Å². The van der Waals surface area contributed by atoms with Crippen LogP contribution in [0.4, 0.5) is 0 Å². The molecule has 4 heteroatoms. The highest BCUT2D eigenvalue weighted by atomic mass is 16.5. The van der Waals surface area contributed by atoms with E-state index in [1.807, 2.05) is 25.1 Å². The largest absolute Gasteiger partial charge is 0.465 e. The molecule has 112 valence electrons. The number of nitriles is 1. The summed E-state index contributed by atoms with van der Waals surface area (Å²) in [6.07, 6.45) is 3.46. The number of ether oxygens (including phenoxy) is 1. The molecule has 0 aliphatic heterocycles. The molecule has 0 saturated heterocycles. The van der Waals surface area contributed by atoms with Crippen LogP contribution in [0.2, 0.25) is 0 Å². The molecule has 0 N–H and O–H groups in total. The van der Waals surface area contributed by atoms with Crippen molar-refractivity contribution in [3.8, 4) is 17.2 Å². The average molecular weight is 302 g/mol. The standard InChI is InChI=1S/C19H14N2O2/c1-12-11-21-8-7-16(12)18-15(10-20)6-4-13-3-5-14(9-17(13)18)19(22)23-2/h3-9,11H,1-2H3. The van der Waals surface area contributed by atoms with Crippen LogP contribution in [-0.2, 0) is 4.74 Å². The van der Waals surface area contributed by atoms with Gasteiger partial charge >= 0.3 is 5.97 Å². The number of aromatic nitrogens is 1. The smallest absolute Gasteiger partial charge is 0.337 e. The van der Waals surface area contributed by atoms with E-state index in [0.29, 0.717) is 11.1 Å². The van der Waals surface area contributed by atoms with Crippen LogP contribution in [0.3, 0.4) is 0 Å². The number of rotatable bonds is 2. The Morgan fingerprint density at radius 3 is 2.70 bits per heavy atom. The van der Waals surface area contributed by atoms with E-state index in [9.17, 15) is 10.1 Å². The van der Waals surface area contributed by atoms with Gasteiger partial charge in [-0.25, -0.2) is 4.79 Å². The van der Waals surface area contributed by atoms with Gasteiger partial charge in [0.1, 0.15) is 0 Å². The Balaban J connectivity index is 2.40. The zero-order valence-electron chi connectivity index (χ0n) is 12.8. The molecular formula is C19H14N2O2. The predicted molar refractivity (Wildman–Crippen MR) is 88.0 cm³/mol. The quantitative estimate of drug-likeness (QED) is 0.674. The Kier molecular flexibility index (Phi) is 3.78. The molecule has 0 unspecified atom stereocenters. The molecule has 3 rings (SSSR count). The fourth-order valence-corrected chi connectivity index (χ4v) is 2.70. The molecule has 3 aromatic rings. The minimum Gasteiger partial charge on any atom is -0.465 e. The second-order valence-corrected chi connectivity index (χ2v) is 5.22. The van der Waals surface area contributed by atoms with Gasteiger partial charge < -0.3 is 4.74 Å². The molecule has 1 heterocycles. The summed E-state index contributed by atoms with van der Waals surface area (Å²) in [7, 11) is 1.35. The SMILES string of the molecule is COC(=O)c1ccc2ccc(C#N)c(-c3ccncc3C)c2c1. The summed E-state index contributed by atoms with van der Waals surface area (Å²) in [5.41, 5.74) is 3.75. The first-order valence-corrected chi connectivity index (χ1v) is 7.12. The first-order chi connectivity index (χ1) is 11.2. The highest BCUT2D eigenvalue weighted by Gasteiger charge is 2.14. The van der Waals surface area contributed by atoms with Crippen molar-refractivity contribution in [1.82, 2.24) is 4.98 Å². The molecule has 0 bridgehead atoms. The van der Waals surface area contributed by atoms with E-state index >= 15 is 0 Å². The molecule has 4 nitrogen and oxygen atoms in total. The fraction of sp³-hybridized carbons (Fsp3) is 0.105. The van der Waals surface area contributed by atoms with E-state index < -0.39 is 5.97 Å². The minimum absolute atomic E-state index is 0.397. The molecule has 0 spiro atoms. The Morgan fingerprint density at radius 2 is 2.00 bits per heavy atom. The third kappa shape index (κ3) is 2.53. The summed E-state index contributed by atoms with van der Waals surface area (Å²) < 4.78 is 4.80. The van der Waals surface area contributed by atoms with E-state index in [-0.39, 0.29) is 0 Å². The third-order valence-corrected chi connectivity index (χ3v) is 3.85. The molecule has 0 atom stereocenters. The number of aryl methyl sites for hydroxylation is 1. The van der Waals surface area contributed by atoms with Gasteiger partial charge in [0.05, 0.1) is 24.3 Å². The van der Waals surface area contributed by atoms with Gasteiger partial charge in [-0.3, -0.25) is 4.98 Å². The first kappa shape index (κ1) is 14.7. The summed E-state index contributed by atoms with van der Waals surface area (Å²) in [5, 5.41) is 11.3. The van der Waals surface area contributed by atoms with E-state index in [2.05, 4.69) is 11.1 Å². The van der Waals surface area contributed by atoms with Gasteiger partial charge in [0.25, 0.3) is 0 Å². The summed E-state index contributed by atoms with van der Waals surface area (Å²) in [6, 6.07) is 13.2. The van der Waals surface area contributed by atoms with Crippen molar-refractivity contribution in [2.24, 2.45) is 0 Å². The predicted octanol–water partition coefficient (Wildman–Crippen LogP) is 3.87. The number of hydrogen-bond acceptors (Lipinski definition) is 4. The number of carbonyl (C=O) groups excluding carboxylic acids is 1. The number of pyridine rings is 1. The number of carbonyl (C=O) groups is 1. The zero-order valence-corrected chi connectivity index (χ0v) is 12.8. The number of hydrogen-bond donors (Lipinski definition) is 0. The van der Waals surface area contributed by atoms with Gasteiger partial charge in [0.15, 0.2) is 0 Å². The van der Waals surface area contributed by atoms with Gasteiger partial charge in [0, 0.05) is 18.0 Å². The monoisotopic (exact) mass is 302 g/mol. The average Bonchev–Trinajstić information content (AvgIpc) is 2.60. The zero-order chi connectivity index (χ0) is 16.4. The maximum atomic E-state index is 11.8. The first-order valence-electron chi connectivity index (χ1n) is 7.12. The molecule has 0 aliphatic carbocycles. The third-order valence-electron chi connectivity index (χ3n) is 3.85. The van der Waals surface area contributed by atoms with E-state index in [4.69, 9.17) is 4.74 Å². The Labute approximate surface area is 134 Å². The van der Waals surface area contributed by atoms with Crippen molar-refractivity contribution < 1.29 is 9.53 Å². The fourth-order valence-electron chi connectivity index (χ4n) is 2.70. The molecule has 0 aliphatic rings. The second kappa shape index (κ2) is 5.90. The van der Waals surface area contributed by atoms with Crippen molar-refractivity contribution in [1.29, 1.82) is 5.26 Å². The van der Waals surface area contributed by atoms with E-state index in [1.165, 1.54) is 7.11 Å². The lowest BCUT2D eigenvalue weighted by molar-refractivity contribution is 0.0601. The maximum Gasteiger partial charge on any atom is 0.337 e. The number of nitrogens with zero attached hydrogens (tertiary/aromatic N) is 2. The molecule has 0 radical (unpaired) electrons. The van der Waals surface area contributed by atoms with Gasteiger partial charge in [-0.15, -0.1) is 0 Å². The van der Waals surface area contributed by atoms with Crippen LogP contribution in [0, 0.1) is 18.3 Å². The van der Waals surface area contributed by atoms with Gasteiger partial charge in [-0.1, -0.05) is 12.1 Å². The lowest BCUT2D eigenvalue weighted by atomic mass is 9.91. The second-order valence-electron chi connectivity index (χ2n) is 5.22. The van der Waals surface area contributed by atoms with Crippen LogP contribution in [-0.4, -0.2) is 18.1 Å². The van der Waals surface area contributed by atoms with Crippen LogP contribution in [0.1, 0.15) is 21.5 Å². The molecular weight excluding hydrogens is 288 g/mol. The normalized spacial score (nSPS) is 10.3. The molecule has 1 aromatic heterocycles. The molecule has 2 aromatic carbocycles. The molecule has 0 saturated carbocycles. The van der Waals surface area contributed by atoms with Crippen molar-refractivity contribution in [2.75, 3.05) is 7.11 Å². The lowest BCUT2D eigenvalue weighted by Gasteiger charge is -2.12. The number of benzene rings is 2. The molecule has 0 fully saturated rings. The van der Waals surface area contributed by atoms with Gasteiger partial charge in [-0.2, -0.15) is 5.26 Å². The topological polar surface area (TPSA) is 63.0 Å². The van der Waals surface area contributed by atoms with Crippen molar-refractivity contribution in [3.05, 3.63) is 65.5 Å². The Bertz CT molecular complexity index is 955. The van der Waals surface area contributed by atoms with Crippen LogP contribution < -0.4 is 0 Å². The Morgan fingerprint density at radius 1 is 1.22 bits per heavy atom. The van der Waals surface area contributed by atoms with Crippen LogP contribution in [0.15, 0.2) is 48.8 Å². The molecule has 0 amide bonds. The summed E-state index contributed by atoms with van der Waals surface area (Å²) in [5.74, 6) is -0.397. The highest BCUT2D eigenvalue weighted by molar-refractivity contribution is 6.03. The van der Waals surface area contributed by atoms with E-state index in [1.54, 1.807) is 30.6 Å². The highest BCUT2D eigenvalue weighted by Crippen LogP contribution is 2.34. The van der Waals surface area contributed by atoms with Crippen molar-refractivity contribution in [3.63, 3.8) is 0 Å². The molecule has 23 heavy (non-hydrogen) atoms. The summed E-state index contributed by atoms with van der Waals surface area (Å²) in [4.78, 5) is 15.9. The van der Waals surface area contributed by atoms with E-state index in [0.717, 1.165) is 27.5 Å². The number of esters is 1. The van der Waals surface area contributed by atoms with Gasteiger partial charge in [-0.05, 0) is 53.1 Å². The Hall–Kier alpha value is -3.19. The van der Waals surface area contributed by atoms with Crippen molar-refractivity contribution >= 4 is 16.7 Å². The summed E-state index contributed by atoms with van der Waals surface area (Å²) in [6.45, 7) is 1.95. The minimum atomic E-state index is -0.397. The lowest BCUT2D eigenvalue weighted by Crippen LogP contribution is -2.01. The van der Waals surface area contributed by atoms with Crippen molar-refractivity contribution in [2.45, 2.75) is 6.92 Å². The van der Waals surface area contributed by atoms with Crippen LogP contribution >= 0.6 is 0 Å². The number of methoxy groups -OCH3 is 1.